The van der Waals surface area contributed by atoms with Crippen molar-refractivity contribution in [3.8, 4) is 11.5 Å². The molecule has 0 aliphatic carbocycles. The van der Waals surface area contributed by atoms with Crippen molar-refractivity contribution in [1.29, 1.82) is 0 Å². The fourth-order valence-electron chi connectivity index (χ4n) is 2.82. The van der Waals surface area contributed by atoms with E-state index in [0.29, 0.717) is 23.7 Å². The van der Waals surface area contributed by atoms with E-state index in [1.54, 1.807) is 26.0 Å². The van der Waals surface area contributed by atoms with Crippen LogP contribution >= 0.6 is 12.4 Å². The highest BCUT2D eigenvalue weighted by Gasteiger charge is 2.16. The number of carbonyl (C=O) groups excluding carboxylic acids is 1. The Morgan fingerprint density at radius 1 is 1.22 bits per heavy atom. The lowest BCUT2D eigenvalue weighted by Crippen LogP contribution is -2.38. The number of aryl methyl sites for hydroxylation is 1. The van der Waals surface area contributed by atoms with E-state index in [-0.39, 0.29) is 35.4 Å². The summed E-state index contributed by atoms with van der Waals surface area (Å²) >= 11 is 0. The minimum absolute atomic E-state index is 0. The van der Waals surface area contributed by atoms with Crippen molar-refractivity contribution in [3.05, 3.63) is 34.2 Å². The van der Waals surface area contributed by atoms with Crippen LogP contribution in [0.25, 0.3) is 11.0 Å². The topological polar surface area (TPSA) is 78.2 Å². The number of esters is 1. The van der Waals surface area contributed by atoms with Crippen molar-refractivity contribution < 1.29 is 23.4 Å². The van der Waals surface area contributed by atoms with Crippen LogP contribution in [0.15, 0.2) is 27.4 Å². The van der Waals surface area contributed by atoms with Crippen molar-refractivity contribution >= 4 is 29.3 Å². The largest absolute Gasteiger partial charge is 0.492 e. The zero-order valence-corrected chi connectivity index (χ0v) is 16.3. The first-order chi connectivity index (χ1) is 12.6. The van der Waals surface area contributed by atoms with Gasteiger partial charge >= 0.3 is 5.97 Å². The number of carbonyl (C=O) groups is 1. The fourth-order valence-corrected chi connectivity index (χ4v) is 2.82. The molecule has 0 spiro atoms. The van der Waals surface area contributed by atoms with Crippen LogP contribution < -0.4 is 14.9 Å². The van der Waals surface area contributed by atoms with E-state index in [2.05, 4.69) is 4.90 Å². The van der Waals surface area contributed by atoms with Crippen molar-refractivity contribution in [3.63, 3.8) is 0 Å². The summed E-state index contributed by atoms with van der Waals surface area (Å²) in [6, 6.07) is 4.61. The number of morpholine rings is 1. The van der Waals surface area contributed by atoms with Crippen LogP contribution in [-0.4, -0.2) is 50.3 Å². The molecule has 1 aliphatic heterocycles. The molecule has 1 aromatic heterocycles. The number of benzene rings is 1. The van der Waals surface area contributed by atoms with Crippen LogP contribution in [0.4, 0.5) is 0 Å². The number of nitrogens with zero attached hydrogens (tertiary/aromatic N) is 1. The Labute approximate surface area is 163 Å². The predicted molar refractivity (Wildman–Crippen MR) is 103 cm³/mol. The number of fused-ring (bicyclic) bond motifs is 1. The first-order valence-corrected chi connectivity index (χ1v) is 8.79. The molecule has 0 bridgehead atoms. The van der Waals surface area contributed by atoms with Crippen LogP contribution in [0.5, 0.6) is 11.5 Å². The summed E-state index contributed by atoms with van der Waals surface area (Å²) in [5.74, 6) is 0.736. The van der Waals surface area contributed by atoms with Gasteiger partial charge < -0.3 is 18.6 Å². The average Bonchev–Trinajstić information content (AvgIpc) is 2.61. The molecule has 3 rings (SSSR count). The Morgan fingerprint density at radius 2 is 1.96 bits per heavy atom. The average molecular weight is 398 g/mol. The van der Waals surface area contributed by atoms with Crippen LogP contribution in [0.3, 0.4) is 0 Å². The third-order valence-corrected chi connectivity index (χ3v) is 4.18. The fraction of sp³-hybridized carbons (Fsp3) is 0.474. The highest BCUT2D eigenvalue weighted by atomic mass is 35.5. The molecule has 0 unspecified atom stereocenters. The molecule has 0 saturated carbocycles. The third kappa shape index (κ3) is 5.45. The van der Waals surface area contributed by atoms with Gasteiger partial charge in [-0.15, -0.1) is 12.4 Å². The number of ether oxygens (including phenoxy) is 3. The Hall–Kier alpha value is -2.09. The van der Waals surface area contributed by atoms with Crippen molar-refractivity contribution in [2.75, 3.05) is 39.5 Å². The van der Waals surface area contributed by atoms with E-state index in [1.807, 2.05) is 0 Å². The van der Waals surface area contributed by atoms with Gasteiger partial charge in [0.15, 0.2) is 5.43 Å². The maximum absolute atomic E-state index is 12.3. The van der Waals surface area contributed by atoms with E-state index in [4.69, 9.17) is 18.6 Å². The number of rotatable bonds is 6. The van der Waals surface area contributed by atoms with Gasteiger partial charge in [0.05, 0.1) is 13.2 Å². The van der Waals surface area contributed by atoms with Crippen molar-refractivity contribution in [1.82, 2.24) is 4.90 Å². The molecule has 148 valence electrons. The van der Waals surface area contributed by atoms with Gasteiger partial charge in [-0.25, -0.2) is 0 Å². The molecule has 2 heterocycles. The molecule has 0 radical (unpaired) electrons. The Bertz CT molecular complexity index is 844. The van der Waals surface area contributed by atoms with Crippen LogP contribution in [0.1, 0.15) is 19.1 Å². The molecule has 0 atom stereocenters. The Kier molecular flexibility index (Phi) is 7.65. The maximum atomic E-state index is 12.3. The lowest BCUT2D eigenvalue weighted by molar-refractivity contribution is -0.133. The lowest BCUT2D eigenvalue weighted by atomic mass is 10.2. The summed E-state index contributed by atoms with van der Waals surface area (Å²) in [7, 11) is 0. The smallest absolute Gasteiger partial charge is 0.310 e. The molecule has 27 heavy (non-hydrogen) atoms. The molecule has 1 fully saturated rings. The summed E-state index contributed by atoms with van der Waals surface area (Å²) in [4.78, 5) is 26.3. The van der Waals surface area contributed by atoms with Crippen LogP contribution in [0.2, 0.25) is 0 Å². The van der Waals surface area contributed by atoms with Crippen molar-refractivity contribution in [2.24, 2.45) is 0 Å². The quantitative estimate of drug-likeness (QED) is 0.547. The molecule has 1 aromatic carbocycles. The molecule has 2 aromatic rings. The van der Waals surface area contributed by atoms with Gasteiger partial charge in [-0.1, -0.05) is 6.92 Å². The van der Waals surface area contributed by atoms with E-state index >= 15 is 0 Å². The SMILES string of the molecule is CCC(=O)Oc1cc(OCCN2CCOCC2)cc2oc(C)cc(=O)c12.Cl. The molecule has 8 heteroatoms. The van der Waals surface area contributed by atoms with Gasteiger partial charge in [-0.3, -0.25) is 14.5 Å². The minimum atomic E-state index is -0.420. The summed E-state index contributed by atoms with van der Waals surface area (Å²) in [5, 5.41) is 0.248. The van der Waals surface area contributed by atoms with Crippen LogP contribution in [-0.2, 0) is 9.53 Å². The molecule has 1 saturated heterocycles. The van der Waals surface area contributed by atoms with E-state index in [9.17, 15) is 9.59 Å². The van der Waals surface area contributed by atoms with Gasteiger partial charge in [-0.2, -0.15) is 0 Å². The van der Waals surface area contributed by atoms with Gasteiger partial charge in [-0.05, 0) is 6.92 Å². The van der Waals surface area contributed by atoms with Gasteiger partial charge in [0, 0.05) is 44.3 Å². The summed E-state index contributed by atoms with van der Waals surface area (Å²) in [5.41, 5.74) is 0.0975. The zero-order valence-electron chi connectivity index (χ0n) is 15.5. The molecule has 0 amide bonds. The second kappa shape index (κ2) is 9.73. The van der Waals surface area contributed by atoms with E-state index in [0.717, 1.165) is 32.8 Å². The van der Waals surface area contributed by atoms with Gasteiger partial charge in [0.2, 0.25) is 0 Å². The highest BCUT2D eigenvalue weighted by Crippen LogP contribution is 2.30. The standard InChI is InChI=1S/C19H23NO6.ClH/c1-3-18(22)26-17-12-14(24-9-6-20-4-7-23-8-5-20)11-16-19(17)15(21)10-13(2)25-16;/h10-12H,3-9H2,1-2H3;1H. The number of hydrogen-bond acceptors (Lipinski definition) is 7. The first-order valence-electron chi connectivity index (χ1n) is 8.79. The summed E-state index contributed by atoms with van der Waals surface area (Å²) in [6.45, 7) is 7.87. The normalized spacial score (nSPS) is 14.6. The van der Waals surface area contributed by atoms with Gasteiger partial charge in [0.1, 0.15) is 34.8 Å². The van der Waals surface area contributed by atoms with Crippen LogP contribution in [0, 0.1) is 6.92 Å². The third-order valence-electron chi connectivity index (χ3n) is 4.18. The molecule has 0 N–H and O–H groups in total. The number of hydrogen-bond donors (Lipinski definition) is 0. The second-order valence-electron chi connectivity index (χ2n) is 6.15. The minimum Gasteiger partial charge on any atom is -0.492 e. The zero-order chi connectivity index (χ0) is 18.5. The molecular weight excluding hydrogens is 374 g/mol. The maximum Gasteiger partial charge on any atom is 0.310 e. The highest BCUT2D eigenvalue weighted by molar-refractivity contribution is 5.88. The number of halogens is 1. The van der Waals surface area contributed by atoms with Crippen molar-refractivity contribution in [2.45, 2.75) is 20.3 Å². The summed E-state index contributed by atoms with van der Waals surface area (Å²) in [6.07, 6.45) is 0.209. The molecule has 1 aliphatic rings. The monoisotopic (exact) mass is 397 g/mol. The van der Waals surface area contributed by atoms with Gasteiger partial charge in [0.25, 0.3) is 0 Å². The first kappa shape index (κ1) is 21.2. The molecular formula is C19H24ClNO6. The second-order valence-corrected chi connectivity index (χ2v) is 6.15. The Morgan fingerprint density at radius 3 is 2.67 bits per heavy atom. The molecule has 7 nitrogen and oxygen atoms in total. The van der Waals surface area contributed by atoms with E-state index < -0.39 is 5.97 Å². The Balaban J connectivity index is 0.00000261. The predicted octanol–water partition coefficient (Wildman–Crippen LogP) is 2.55. The summed E-state index contributed by atoms with van der Waals surface area (Å²) < 4.78 is 22.1. The lowest BCUT2D eigenvalue weighted by Gasteiger charge is -2.26. The van der Waals surface area contributed by atoms with E-state index in [1.165, 1.54) is 6.07 Å².